The lowest BCUT2D eigenvalue weighted by atomic mass is 9.87. The number of unbranched alkanes of at least 4 members (excludes halogenated alkanes) is 1. The van der Waals surface area contributed by atoms with Gasteiger partial charge in [0.15, 0.2) is 0 Å². The van der Waals surface area contributed by atoms with E-state index in [2.05, 4.69) is 23.8 Å². The van der Waals surface area contributed by atoms with Gasteiger partial charge in [0.2, 0.25) is 0 Å². The van der Waals surface area contributed by atoms with E-state index in [4.69, 9.17) is 4.74 Å². The summed E-state index contributed by atoms with van der Waals surface area (Å²) in [4.78, 5) is 0. The molecule has 0 radical (unpaired) electrons. The van der Waals surface area contributed by atoms with Crippen molar-refractivity contribution in [3.8, 4) is 5.75 Å². The molecule has 0 amide bonds. The maximum Gasteiger partial charge on any atom is 0.387 e. The number of halogens is 2. The molecule has 1 saturated carbocycles. The Labute approximate surface area is 137 Å². The van der Waals surface area contributed by atoms with Crippen LogP contribution in [0, 0.1) is 5.92 Å². The number of ether oxygens (including phenoxy) is 2. The first-order valence-corrected chi connectivity index (χ1v) is 8.52. The standard InChI is InChI=1S/C19H26F2O2/c1-2-3-14-22-17-10-6-15(7-11-17)4-5-16-8-12-18(13-9-16)23-19(20)21/h4-5,8-9,12-13,15,17,19H,2-3,6-7,10-11,14H2,1H3/b5-4+. The minimum absolute atomic E-state index is 0.196. The highest BCUT2D eigenvalue weighted by atomic mass is 19.3. The number of rotatable bonds is 8. The normalized spacial score (nSPS) is 21.9. The number of hydrogen-bond acceptors (Lipinski definition) is 2. The van der Waals surface area contributed by atoms with Crippen LogP contribution in [0.15, 0.2) is 30.3 Å². The Morgan fingerprint density at radius 1 is 1.13 bits per heavy atom. The minimum atomic E-state index is -2.77. The predicted octanol–water partition coefficient (Wildman–Crippen LogP) is 5.68. The summed E-state index contributed by atoms with van der Waals surface area (Å²) in [6.07, 6.45) is 11.6. The average molecular weight is 324 g/mol. The van der Waals surface area contributed by atoms with Gasteiger partial charge in [0, 0.05) is 6.61 Å². The third kappa shape index (κ3) is 6.69. The van der Waals surface area contributed by atoms with Crippen molar-refractivity contribution in [2.75, 3.05) is 6.61 Å². The number of allylic oxidation sites excluding steroid dienone is 1. The molecule has 1 aromatic rings. The highest BCUT2D eigenvalue weighted by Gasteiger charge is 2.19. The van der Waals surface area contributed by atoms with Gasteiger partial charge in [0.25, 0.3) is 0 Å². The van der Waals surface area contributed by atoms with Crippen molar-refractivity contribution in [1.29, 1.82) is 0 Å². The van der Waals surface area contributed by atoms with E-state index in [1.807, 2.05) is 0 Å². The van der Waals surface area contributed by atoms with E-state index in [9.17, 15) is 8.78 Å². The summed E-state index contributed by atoms with van der Waals surface area (Å²) in [5.74, 6) is 0.778. The lowest BCUT2D eigenvalue weighted by molar-refractivity contribution is -0.0498. The Kier molecular flexibility index (Phi) is 7.53. The largest absolute Gasteiger partial charge is 0.435 e. The van der Waals surface area contributed by atoms with Gasteiger partial charge in [0.05, 0.1) is 6.10 Å². The Morgan fingerprint density at radius 2 is 1.83 bits per heavy atom. The van der Waals surface area contributed by atoms with Crippen LogP contribution in [0.5, 0.6) is 5.75 Å². The van der Waals surface area contributed by atoms with Gasteiger partial charge >= 0.3 is 6.61 Å². The van der Waals surface area contributed by atoms with Gasteiger partial charge in [-0.2, -0.15) is 8.78 Å². The SMILES string of the molecule is CCCCOC1CCC(/C=C/c2ccc(OC(F)F)cc2)CC1. The number of benzene rings is 1. The summed E-state index contributed by atoms with van der Waals surface area (Å²) in [6.45, 7) is 0.289. The van der Waals surface area contributed by atoms with E-state index in [-0.39, 0.29) is 5.75 Å². The van der Waals surface area contributed by atoms with Crippen LogP contribution < -0.4 is 4.74 Å². The van der Waals surface area contributed by atoms with Crippen LogP contribution in [0.1, 0.15) is 51.0 Å². The molecule has 0 bridgehead atoms. The monoisotopic (exact) mass is 324 g/mol. The molecular weight excluding hydrogens is 298 g/mol. The summed E-state index contributed by atoms with van der Waals surface area (Å²) >= 11 is 0. The molecular formula is C19H26F2O2. The van der Waals surface area contributed by atoms with Crippen LogP contribution in [0.3, 0.4) is 0 Å². The first-order chi connectivity index (χ1) is 11.2. The van der Waals surface area contributed by atoms with Gasteiger partial charge in [-0.15, -0.1) is 0 Å². The third-order valence-corrected chi connectivity index (χ3v) is 4.24. The molecule has 0 aromatic heterocycles. The van der Waals surface area contributed by atoms with Crippen molar-refractivity contribution in [3.05, 3.63) is 35.9 Å². The van der Waals surface area contributed by atoms with Crippen LogP contribution in [0.25, 0.3) is 6.08 Å². The van der Waals surface area contributed by atoms with Crippen molar-refractivity contribution in [2.24, 2.45) is 5.92 Å². The molecule has 23 heavy (non-hydrogen) atoms. The summed E-state index contributed by atoms with van der Waals surface area (Å²) in [7, 11) is 0. The summed E-state index contributed by atoms with van der Waals surface area (Å²) in [6, 6.07) is 6.75. The van der Waals surface area contributed by atoms with Gasteiger partial charge in [-0.3, -0.25) is 0 Å². The second-order valence-electron chi connectivity index (χ2n) is 6.07. The van der Waals surface area contributed by atoms with E-state index < -0.39 is 6.61 Å². The smallest absolute Gasteiger partial charge is 0.387 e. The first kappa shape index (κ1) is 17.9. The first-order valence-electron chi connectivity index (χ1n) is 8.52. The Balaban J connectivity index is 1.74. The van der Waals surface area contributed by atoms with Gasteiger partial charge in [0.1, 0.15) is 5.75 Å². The fraction of sp³-hybridized carbons (Fsp3) is 0.579. The predicted molar refractivity (Wildman–Crippen MR) is 88.7 cm³/mol. The van der Waals surface area contributed by atoms with Crippen LogP contribution in [0.4, 0.5) is 8.78 Å². The molecule has 4 heteroatoms. The van der Waals surface area contributed by atoms with Gasteiger partial charge in [-0.05, 0) is 55.7 Å². The van der Waals surface area contributed by atoms with Crippen LogP contribution >= 0.6 is 0 Å². The summed E-state index contributed by atoms with van der Waals surface area (Å²) < 4.78 is 34.4. The molecule has 1 fully saturated rings. The molecule has 2 nitrogen and oxygen atoms in total. The quantitative estimate of drug-likeness (QED) is 0.573. The molecule has 0 saturated heterocycles. The van der Waals surface area contributed by atoms with Gasteiger partial charge in [-0.25, -0.2) is 0 Å². The van der Waals surface area contributed by atoms with Crippen molar-refractivity contribution in [2.45, 2.75) is 58.2 Å². The highest BCUT2D eigenvalue weighted by Crippen LogP contribution is 2.28. The molecule has 128 valence electrons. The molecule has 0 N–H and O–H groups in total. The van der Waals surface area contributed by atoms with Gasteiger partial charge in [-0.1, -0.05) is 37.6 Å². The minimum Gasteiger partial charge on any atom is -0.435 e. The van der Waals surface area contributed by atoms with Crippen LogP contribution in [-0.2, 0) is 4.74 Å². The topological polar surface area (TPSA) is 18.5 Å². The summed E-state index contributed by atoms with van der Waals surface area (Å²) in [5, 5.41) is 0. The van der Waals surface area contributed by atoms with Crippen LogP contribution in [-0.4, -0.2) is 19.3 Å². The van der Waals surface area contributed by atoms with E-state index >= 15 is 0 Å². The molecule has 1 aliphatic rings. The lowest BCUT2D eigenvalue weighted by Gasteiger charge is -2.26. The molecule has 0 aliphatic heterocycles. The molecule has 0 heterocycles. The maximum atomic E-state index is 12.1. The molecule has 2 rings (SSSR count). The Bertz CT molecular complexity index is 463. The second kappa shape index (κ2) is 9.66. The Morgan fingerprint density at radius 3 is 2.43 bits per heavy atom. The zero-order valence-electron chi connectivity index (χ0n) is 13.7. The van der Waals surface area contributed by atoms with E-state index in [0.717, 1.165) is 44.3 Å². The van der Waals surface area contributed by atoms with E-state index in [0.29, 0.717) is 12.0 Å². The van der Waals surface area contributed by atoms with Crippen molar-refractivity contribution in [3.63, 3.8) is 0 Å². The number of hydrogen-bond donors (Lipinski definition) is 0. The van der Waals surface area contributed by atoms with Crippen molar-refractivity contribution >= 4 is 6.08 Å². The third-order valence-electron chi connectivity index (χ3n) is 4.24. The summed E-state index contributed by atoms with van der Waals surface area (Å²) in [5.41, 5.74) is 1.01. The zero-order valence-corrected chi connectivity index (χ0v) is 13.7. The molecule has 1 aromatic carbocycles. The molecule has 1 aliphatic carbocycles. The van der Waals surface area contributed by atoms with Crippen molar-refractivity contribution < 1.29 is 18.3 Å². The average Bonchev–Trinajstić information content (AvgIpc) is 2.55. The van der Waals surface area contributed by atoms with Crippen LogP contribution in [0.2, 0.25) is 0 Å². The molecule has 0 atom stereocenters. The zero-order chi connectivity index (χ0) is 16.5. The molecule has 0 spiro atoms. The van der Waals surface area contributed by atoms with E-state index in [1.54, 1.807) is 24.3 Å². The highest BCUT2D eigenvalue weighted by molar-refractivity contribution is 5.50. The maximum absolute atomic E-state index is 12.1. The molecule has 0 unspecified atom stereocenters. The fourth-order valence-corrected chi connectivity index (χ4v) is 2.85. The van der Waals surface area contributed by atoms with Gasteiger partial charge < -0.3 is 9.47 Å². The van der Waals surface area contributed by atoms with Crippen molar-refractivity contribution in [1.82, 2.24) is 0 Å². The number of alkyl halides is 2. The lowest BCUT2D eigenvalue weighted by Crippen LogP contribution is -2.21. The van der Waals surface area contributed by atoms with E-state index in [1.165, 1.54) is 6.42 Å². The fourth-order valence-electron chi connectivity index (χ4n) is 2.85. The second-order valence-corrected chi connectivity index (χ2v) is 6.07. The Hall–Kier alpha value is -1.42.